The van der Waals surface area contributed by atoms with Gasteiger partial charge in [-0.1, -0.05) is 19.1 Å². The lowest BCUT2D eigenvalue weighted by Crippen LogP contribution is -2.13. The molecule has 0 saturated carbocycles. The SMILES string of the molecule is CCCNCc1cccc(OCCC(C)O)c1. The van der Waals surface area contributed by atoms with E-state index in [2.05, 4.69) is 18.3 Å². The molecule has 0 saturated heterocycles. The zero-order valence-corrected chi connectivity index (χ0v) is 10.8. The van der Waals surface area contributed by atoms with Crippen molar-refractivity contribution < 1.29 is 9.84 Å². The minimum atomic E-state index is -0.301. The molecule has 3 nitrogen and oxygen atoms in total. The summed E-state index contributed by atoms with van der Waals surface area (Å²) in [6, 6.07) is 8.08. The third-order valence-electron chi connectivity index (χ3n) is 2.46. The van der Waals surface area contributed by atoms with Gasteiger partial charge in [-0.3, -0.25) is 0 Å². The Hall–Kier alpha value is -1.06. The fourth-order valence-electron chi connectivity index (χ4n) is 1.50. The molecule has 3 heteroatoms. The summed E-state index contributed by atoms with van der Waals surface area (Å²) >= 11 is 0. The van der Waals surface area contributed by atoms with Gasteiger partial charge in [-0.25, -0.2) is 0 Å². The van der Waals surface area contributed by atoms with Gasteiger partial charge >= 0.3 is 0 Å². The molecule has 0 aliphatic heterocycles. The van der Waals surface area contributed by atoms with Crippen LogP contribution >= 0.6 is 0 Å². The van der Waals surface area contributed by atoms with Gasteiger partial charge in [0.05, 0.1) is 12.7 Å². The predicted octanol–water partition coefficient (Wildman–Crippen LogP) is 2.34. The van der Waals surface area contributed by atoms with Crippen LogP contribution in [-0.2, 0) is 6.54 Å². The van der Waals surface area contributed by atoms with Gasteiger partial charge in [0.1, 0.15) is 5.75 Å². The first-order valence-corrected chi connectivity index (χ1v) is 6.33. The smallest absolute Gasteiger partial charge is 0.119 e. The second kappa shape index (κ2) is 8.09. The van der Waals surface area contributed by atoms with Crippen molar-refractivity contribution in [2.45, 2.75) is 39.3 Å². The first-order valence-electron chi connectivity index (χ1n) is 6.33. The van der Waals surface area contributed by atoms with Gasteiger partial charge in [-0.2, -0.15) is 0 Å². The Morgan fingerprint density at radius 2 is 2.24 bits per heavy atom. The van der Waals surface area contributed by atoms with Crippen molar-refractivity contribution >= 4 is 0 Å². The van der Waals surface area contributed by atoms with Crippen LogP contribution in [0.3, 0.4) is 0 Å². The van der Waals surface area contributed by atoms with Gasteiger partial charge in [-0.15, -0.1) is 0 Å². The molecule has 0 spiro atoms. The van der Waals surface area contributed by atoms with Crippen LogP contribution in [0.25, 0.3) is 0 Å². The van der Waals surface area contributed by atoms with E-state index in [0.717, 1.165) is 25.3 Å². The zero-order valence-electron chi connectivity index (χ0n) is 10.8. The molecule has 0 radical (unpaired) electrons. The average Bonchev–Trinajstić information content (AvgIpc) is 2.29. The Morgan fingerprint density at radius 1 is 1.41 bits per heavy atom. The van der Waals surface area contributed by atoms with Gasteiger partial charge in [0.25, 0.3) is 0 Å². The first kappa shape index (κ1) is 14.0. The summed E-state index contributed by atoms with van der Waals surface area (Å²) in [6.07, 6.45) is 1.51. The van der Waals surface area contributed by atoms with Crippen LogP contribution < -0.4 is 10.1 Å². The van der Waals surface area contributed by atoms with Crippen molar-refractivity contribution in [2.24, 2.45) is 0 Å². The monoisotopic (exact) mass is 237 g/mol. The van der Waals surface area contributed by atoms with Crippen molar-refractivity contribution in [3.05, 3.63) is 29.8 Å². The quantitative estimate of drug-likeness (QED) is 0.682. The van der Waals surface area contributed by atoms with E-state index < -0.39 is 0 Å². The predicted molar refractivity (Wildman–Crippen MR) is 70.2 cm³/mol. The lowest BCUT2D eigenvalue weighted by Gasteiger charge is -2.09. The van der Waals surface area contributed by atoms with Crippen LogP contribution in [0.2, 0.25) is 0 Å². The van der Waals surface area contributed by atoms with E-state index in [0.29, 0.717) is 13.0 Å². The summed E-state index contributed by atoms with van der Waals surface area (Å²) in [5.74, 6) is 0.876. The molecule has 1 atom stereocenters. The van der Waals surface area contributed by atoms with E-state index in [9.17, 15) is 0 Å². The number of benzene rings is 1. The third kappa shape index (κ3) is 6.29. The molecule has 0 heterocycles. The van der Waals surface area contributed by atoms with Crippen molar-refractivity contribution in [3.63, 3.8) is 0 Å². The highest BCUT2D eigenvalue weighted by Crippen LogP contribution is 2.13. The fourth-order valence-corrected chi connectivity index (χ4v) is 1.50. The maximum Gasteiger partial charge on any atom is 0.119 e. The summed E-state index contributed by atoms with van der Waals surface area (Å²) in [5.41, 5.74) is 1.23. The van der Waals surface area contributed by atoms with Crippen molar-refractivity contribution in [1.29, 1.82) is 0 Å². The number of aliphatic hydroxyl groups is 1. The van der Waals surface area contributed by atoms with Crippen molar-refractivity contribution in [3.8, 4) is 5.75 Å². The summed E-state index contributed by atoms with van der Waals surface area (Å²) < 4.78 is 5.58. The van der Waals surface area contributed by atoms with Crippen LogP contribution in [0.1, 0.15) is 32.3 Å². The molecule has 0 amide bonds. The van der Waals surface area contributed by atoms with Crippen LogP contribution in [0, 0.1) is 0 Å². The minimum Gasteiger partial charge on any atom is -0.493 e. The molecule has 0 fully saturated rings. The van der Waals surface area contributed by atoms with E-state index in [1.54, 1.807) is 6.92 Å². The highest BCUT2D eigenvalue weighted by atomic mass is 16.5. The topological polar surface area (TPSA) is 41.5 Å². The van der Waals surface area contributed by atoms with E-state index >= 15 is 0 Å². The lowest BCUT2D eigenvalue weighted by atomic mass is 10.2. The molecule has 0 aliphatic carbocycles. The van der Waals surface area contributed by atoms with E-state index in [1.807, 2.05) is 18.2 Å². The Balaban J connectivity index is 2.37. The first-order chi connectivity index (χ1) is 8.22. The molecule has 1 aromatic carbocycles. The molecule has 96 valence electrons. The van der Waals surface area contributed by atoms with Gasteiger partial charge < -0.3 is 15.2 Å². The van der Waals surface area contributed by atoms with Crippen LogP contribution in [0.15, 0.2) is 24.3 Å². The second-order valence-corrected chi connectivity index (χ2v) is 4.31. The standard InChI is InChI=1S/C14H23NO2/c1-3-8-15-11-13-5-4-6-14(10-13)17-9-7-12(2)16/h4-6,10,12,15-16H,3,7-9,11H2,1-2H3. The molecular formula is C14H23NO2. The van der Waals surface area contributed by atoms with Crippen LogP contribution in [0.5, 0.6) is 5.75 Å². The Kier molecular flexibility index (Phi) is 6.67. The molecule has 1 unspecified atom stereocenters. The van der Waals surface area contributed by atoms with Gasteiger partial charge in [0.15, 0.2) is 0 Å². The lowest BCUT2D eigenvalue weighted by molar-refractivity contribution is 0.155. The Morgan fingerprint density at radius 3 is 2.94 bits per heavy atom. The molecule has 2 N–H and O–H groups in total. The summed E-state index contributed by atoms with van der Waals surface area (Å²) in [5, 5.41) is 12.5. The molecule has 0 aliphatic rings. The molecule has 17 heavy (non-hydrogen) atoms. The molecular weight excluding hydrogens is 214 g/mol. The van der Waals surface area contributed by atoms with Crippen LogP contribution in [-0.4, -0.2) is 24.4 Å². The number of ether oxygens (including phenoxy) is 1. The highest BCUT2D eigenvalue weighted by molar-refractivity contribution is 5.28. The van der Waals surface area contributed by atoms with Crippen molar-refractivity contribution in [2.75, 3.05) is 13.2 Å². The van der Waals surface area contributed by atoms with E-state index in [1.165, 1.54) is 5.56 Å². The number of aliphatic hydroxyl groups excluding tert-OH is 1. The van der Waals surface area contributed by atoms with Crippen molar-refractivity contribution in [1.82, 2.24) is 5.32 Å². The average molecular weight is 237 g/mol. The van der Waals surface area contributed by atoms with Gasteiger partial charge in [0, 0.05) is 13.0 Å². The Labute approximate surface area is 104 Å². The Bertz CT molecular complexity index is 313. The third-order valence-corrected chi connectivity index (χ3v) is 2.46. The molecule has 0 bridgehead atoms. The number of hydrogen-bond donors (Lipinski definition) is 2. The second-order valence-electron chi connectivity index (χ2n) is 4.31. The normalized spacial score (nSPS) is 12.4. The van der Waals surface area contributed by atoms with Gasteiger partial charge in [-0.05, 0) is 37.6 Å². The number of rotatable bonds is 8. The van der Waals surface area contributed by atoms with Gasteiger partial charge in [0.2, 0.25) is 0 Å². The summed E-state index contributed by atoms with van der Waals surface area (Å²) in [6.45, 7) is 6.40. The number of hydrogen-bond acceptors (Lipinski definition) is 3. The summed E-state index contributed by atoms with van der Waals surface area (Å²) in [4.78, 5) is 0. The molecule has 0 aromatic heterocycles. The molecule has 1 rings (SSSR count). The summed E-state index contributed by atoms with van der Waals surface area (Å²) in [7, 11) is 0. The maximum atomic E-state index is 9.14. The van der Waals surface area contributed by atoms with Crippen LogP contribution in [0.4, 0.5) is 0 Å². The molecule has 1 aromatic rings. The largest absolute Gasteiger partial charge is 0.493 e. The fraction of sp³-hybridized carbons (Fsp3) is 0.571. The van der Waals surface area contributed by atoms with E-state index in [4.69, 9.17) is 9.84 Å². The van der Waals surface area contributed by atoms with E-state index in [-0.39, 0.29) is 6.10 Å². The highest BCUT2D eigenvalue weighted by Gasteiger charge is 1.99. The number of nitrogens with one attached hydrogen (secondary N) is 1. The minimum absolute atomic E-state index is 0.301. The zero-order chi connectivity index (χ0) is 12.5. The maximum absolute atomic E-state index is 9.14.